The van der Waals surface area contributed by atoms with E-state index in [4.69, 9.17) is 9.97 Å². The molecule has 0 unspecified atom stereocenters. The van der Waals surface area contributed by atoms with E-state index in [2.05, 4.69) is 24.8 Å². The van der Waals surface area contributed by atoms with E-state index < -0.39 is 0 Å². The monoisotopic (exact) mass is 373 g/mol. The van der Waals surface area contributed by atoms with Crippen LogP contribution >= 0.6 is 0 Å². The zero-order valence-corrected chi connectivity index (χ0v) is 16.0. The number of piperazine rings is 1. The topological polar surface area (TPSA) is 70.9 Å². The van der Waals surface area contributed by atoms with E-state index in [1.807, 2.05) is 37.4 Å². The van der Waals surface area contributed by atoms with Crippen LogP contribution in [0.2, 0.25) is 0 Å². The van der Waals surface area contributed by atoms with Crippen LogP contribution in [0.1, 0.15) is 23.5 Å². The second-order valence-corrected chi connectivity index (χ2v) is 7.30. The molecule has 0 aromatic carbocycles. The normalized spacial score (nSPS) is 16.3. The highest BCUT2D eigenvalue weighted by Crippen LogP contribution is 2.29. The van der Waals surface area contributed by atoms with Crippen molar-refractivity contribution in [1.82, 2.24) is 24.9 Å². The van der Waals surface area contributed by atoms with Crippen LogP contribution < -0.4 is 9.80 Å². The van der Waals surface area contributed by atoms with Crippen molar-refractivity contribution in [1.29, 1.82) is 0 Å². The van der Waals surface area contributed by atoms with Crippen LogP contribution in [-0.4, -0.2) is 51.1 Å². The lowest BCUT2D eigenvalue weighted by Crippen LogP contribution is -2.47. The van der Waals surface area contributed by atoms with Crippen molar-refractivity contribution < 1.29 is 0 Å². The molecule has 7 nitrogen and oxygen atoms in total. The Labute approximate surface area is 164 Å². The number of hydrogen-bond acceptors (Lipinski definition) is 7. The Kier molecular flexibility index (Phi) is 4.35. The van der Waals surface area contributed by atoms with Gasteiger partial charge in [-0.15, -0.1) is 0 Å². The molecule has 0 spiro atoms. The lowest BCUT2D eigenvalue weighted by molar-refractivity contribution is 0.631. The van der Waals surface area contributed by atoms with Crippen LogP contribution in [0.25, 0.3) is 11.4 Å². The molecule has 3 aromatic heterocycles. The minimum atomic E-state index is 0.770. The third-order valence-electron chi connectivity index (χ3n) is 5.46. The first-order valence-electron chi connectivity index (χ1n) is 9.89. The van der Waals surface area contributed by atoms with E-state index in [1.165, 1.54) is 17.7 Å². The maximum Gasteiger partial charge on any atom is 0.226 e. The molecule has 3 aromatic rings. The van der Waals surface area contributed by atoms with Gasteiger partial charge in [0.2, 0.25) is 5.95 Å². The number of rotatable bonds is 3. The maximum absolute atomic E-state index is 4.78. The summed E-state index contributed by atoms with van der Waals surface area (Å²) in [7, 11) is 0. The number of hydrogen-bond donors (Lipinski definition) is 0. The molecule has 1 aliphatic heterocycles. The molecule has 7 heteroatoms. The summed E-state index contributed by atoms with van der Waals surface area (Å²) in [4.78, 5) is 27.7. The minimum absolute atomic E-state index is 0.770. The fourth-order valence-electron chi connectivity index (χ4n) is 4.07. The SMILES string of the molecule is Cc1nc2c(c(N3CCN(c4nccc(-c5ccccn5)n4)CC3)n1)CCC2. The number of pyridine rings is 1. The molecule has 4 heterocycles. The van der Waals surface area contributed by atoms with Gasteiger partial charge in [-0.05, 0) is 44.4 Å². The smallest absolute Gasteiger partial charge is 0.226 e. The molecule has 0 saturated carbocycles. The van der Waals surface area contributed by atoms with Gasteiger partial charge in [-0.3, -0.25) is 4.98 Å². The van der Waals surface area contributed by atoms with Gasteiger partial charge in [0.15, 0.2) is 0 Å². The van der Waals surface area contributed by atoms with Crippen molar-refractivity contribution in [3.8, 4) is 11.4 Å². The summed E-state index contributed by atoms with van der Waals surface area (Å²) in [6.07, 6.45) is 6.98. The fourth-order valence-corrected chi connectivity index (χ4v) is 4.07. The summed E-state index contributed by atoms with van der Waals surface area (Å²) in [6.45, 7) is 5.59. The third-order valence-corrected chi connectivity index (χ3v) is 5.46. The Bertz CT molecular complexity index is 981. The van der Waals surface area contributed by atoms with Gasteiger partial charge in [-0.2, -0.15) is 0 Å². The van der Waals surface area contributed by atoms with Crippen LogP contribution in [0.15, 0.2) is 36.7 Å². The van der Waals surface area contributed by atoms with E-state index in [1.54, 1.807) is 6.20 Å². The predicted molar refractivity (Wildman–Crippen MR) is 108 cm³/mol. The molecule has 28 heavy (non-hydrogen) atoms. The van der Waals surface area contributed by atoms with E-state index >= 15 is 0 Å². The molecule has 5 rings (SSSR count). The van der Waals surface area contributed by atoms with E-state index in [0.29, 0.717) is 0 Å². The van der Waals surface area contributed by atoms with Crippen molar-refractivity contribution >= 4 is 11.8 Å². The lowest BCUT2D eigenvalue weighted by Gasteiger charge is -2.36. The van der Waals surface area contributed by atoms with E-state index in [-0.39, 0.29) is 0 Å². The number of aryl methyl sites for hydroxylation is 2. The summed E-state index contributed by atoms with van der Waals surface area (Å²) < 4.78 is 0. The van der Waals surface area contributed by atoms with Gasteiger partial charge in [0.25, 0.3) is 0 Å². The summed E-state index contributed by atoms with van der Waals surface area (Å²) in [6, 6.07) is 7.78. The Morgan fingerprint density at radius 3 is 2.46 bits per heavy atom. The second kappa shape index (κ2) is 7.14. The van der Waals surface area contributed by atoms with Gasteiger partial charge >= 0.3 is 0 Å². The molecule has 0 amide bonds. The van der Waals surface area contributed by atoms with Crippen molar-refractivity contribution in [2.45, 2.75) is 26.2 Å². The number of aromatic nitrogens is 5. The molecule has 142 valence electrons. The van der Waals surface area contributed by atoms with E-state index in [9.17, 15) is 0 Å². The van der Waals surface area contributed by atoms with Gasteiger partial charge in [0.05, 0.1) is 11.4 Å². The van der Waals surface area contributed by atoms with Crippen LogP contribution in [0.4, 0.5) is 11.8 Å². The first kappa shape index (κ1) is 17.0. The van der Waals surface area contributed by atoms with Crippen molar-refractivity contribution in [2.75, 3.05) is 36.0 Å². The zero-order valence-electron chi connectivity index (χ0n) is 16.0. The lowest BCUT2D eigenvalue weighted by atomic mass is 10.2. The van der Waals surface area contributed by atoms with Crippen LogP contribution in [0.5, 0.6) is 0 Å². The standard InChI is InChI=1S/C21H23N7/c1-15-24-17-7-4-5-16(17)20(25-15)27-11-13-28(14-12-27)21-23-10-8-19(26-21)18-6-2-3-9-22-18/h2-3,6,8-10H,4-5,7,11-14H2,1H3. The summed E-state index contributed by atoms with van der Waals surface area (Å²) in [5, 5.41) is 0. The highest BCUT2D eigenvalue weighted by atomic mass is 15.3. The van der Waals surface area contributed by atoms with Gasteiger partial charge in [0, 0.05) is 49.8 Å². The molecule has 2 aliphatic rings. The molecule has 0 bridgehead atoms. The van der Waals surface area contributed by atoms with Gasteiger partial charge in [-0.25, -0.2) is 19.9 Å². The molecule has 0 N–H and O–H groups in total. The van der Waals surface area contributed by atoms with Crippen LogP contribution in [-0.2, 0) is 12.8 Å². The number of anilines is 2. The van der Waals surface area contributed by atoms with E-state index in [0.717, 1.165) is 68.0 Å². The Balaban J connectivity index is 1.33. The molecular weight excluding hydrogens is 350 g/mol. The average Bonchev–Trinajstić information content (AvgIpc) is 3.22. The largest absolute Gasteiger partial charge is 0.353 e. The quantitative estimate of drug-likeness (QED) is 0.698. The van der Waals surface area contributed by atoms with Gasteiger partial charge in [-0.1, -0.05) is 6.07 Å². The van der Waals surface area contributed by atoms with Crippen molar-refractivity contribution in [3.63, 3.8) is 0 Å². The molecule has 0 atom stereocenters. The van der Waals surface area contributed by atoms with Crippen molar-refractivity contribution in [3.05, 3.63) is 53.7 Å². The summed E-state index contributed by atoms with van der Waals surface area (Å²) >= 11 is 0. The molecule has 1 fully saturated rings. The minimum Gasteiger partial charge on any atom is -0.353 e. The summed E-state index contributed by atoms with van der Waals surface area (Å²) in [5.74, 6) is 2.79. The van der Waals surface area contributed by atoms with Crippen LogP contribution in [0.3, 0.4) is 0 Å². The summed E-state index contributed by atoms with van der Waals surface area (Å²) in [5.41, 5.74) is 4.33. The molecular formula is C21H23N7. The van der Waals surface area contributed by atoms with Gasteiger partial charge < -0.3 is 9.80 Å². The maximum atomic E-state index is 4.78. The van der Waals surface area contributed by atoms with Gasteiger partial charge in [0.1, 0.15) is 11.6 Å². The average molecular weight is 373 g/mol. The molecule has 1 aliphatic carbocycles. The molecule has 1 saturated heterocycles. The number of fused-ring (bicyclic) bond motifs is 1. The van der Waals surface area contributed by atoms with Crippen LogP contribution in [0, 0.1) is 6.92 Å². The first-order valence-corrected chi connectivity index (χ1v) is 9.89. The first-order chi connectivity index (χ1) is 13.8. The zero-order chi connectivity index (χ0) is 18.9. The highest BCUT2D eigenvalue weighted by Gasteiger charge is 2.26. The molecule has 0 radical (unpaired) electrons. The number of nitrogens with zero attached hydrogens (tertiary/aromatic N) is 7. The van der Waals surface area contributed by atoms with Crippen molar-refractivity contribution in [2.24, 2.45) is 0 Å². The highest BCUT2D eigenvalue weighted by molar-refractivity contribution is 5.56. The fraction of sp³-hybridized carbons (Fsp3) is 0.381. The Morgan fingerprint density at radius 1 is 0.786 bits per heavy atom. The predicted octanol–water partition coefficient (Wildman–Crippen LogP) is 2.45. The second-order valence-electron chi connectivity index (χ2n) is 7.30. The Morgan fingerprint density at radius 2 is 1.64 bits per heavy atom. The third kappa shape index (κ3) is 3.17. The Hall–Kier alpha value is -3.09.